The number of hydrogen-bond donors (Lipinski definition) is 0. The molecule has 0 unspecified atom stereocenters. The van der Waals surface area contributed by atoms with Gasteiger partial charge in [0.2, 0.25) is 0 Å². The van der Waals surface area contributed by atoms with Gasteiger partial charge in [0.15, 0.2) is 5.76 Å². The molecule has 2 aromatic carbocycles. The molecule has 1 aliphatic heterocycles. The van der Waals surface area contributed by atoms with Gasteiger partial charge in [-0.05, 0) is 55.7 Å². The summed E-state index contributed by atoms with van der Waals surface area (Å²) in [5, 5.41) is 0. The smallest absolute Gasteiger partial charge is 0.293 e. The summed E-state index contributed by atoms with van der Waals surface area (Å²) < 4.78 is 19.6. The lowest BCUT2D eigenvalue weighted by Crippen LogP contribution is -2.35. The number of anilines is 1. The van der Waals surface area contributed by atoms with Gasteiger partial charge in [0.05, 0.1) is 5.56 Å². The third kappa shape index (κ3) is 2.84. The van der Waals surface area contributed by atoms with E-state index in [0.29, 0.717) is 17.9 Å². The molecule has 3 nitrogen and oxygen atoms in total. The summed E-state index contributed by atoms with van der Waals surface area (Å²) in [4.78, 5) is 14.7. The van der Waals surface area contributed by atoms with Crippen molar-refractivity contribution in [3.05, 3.63) is 77.3 Å². The zero-order valence-corrected chi connectivity index (χ0v) is 14.0. The van der Waals surface area contributed by atoms with Crippen LogP contribution < -0.4 is 4.90 Å². The average Bonchev–Trinajstić information content (AvgIpc) is 3.10. The van der Waals surface area contributed by atoms with Gasteiger partial charge in [-0.1, -0.05) is 29.8 Å². The normalized spacial score (nSPS) is 13.6. The van der Waals surface area contributed by atoms with Crippen LogP contribution in [0.2, 0.25) is 0 Å². The van der Waals surface area contributed by atoms with Crippen LogP contribution in [0.5, 0.6) is 0 Å². The van der Waals surface area contributed by atoms with Gasteiger partial charge >= 0.3 is 0 Å². The molecule has 2 heterocycles. The van der Waals surface area contributed by atoms with Crippen molar-refractivity contribution in [3.63, 3.8) is 0 Å². The number of halogens is 1. The van der Waals surface area contributed by atoms with E-state index in [2.05, 4.69) is 6.07 Å². The highest BCUT2D eigenvalue weighted by Crippen LogP contribution is 2.31. The Hall–Kier alpha value is -2.88. The molecule has 0 fully saturated rings. The van der Waals surface area contributed by atoms with Crippen molar-refractivity contribution in [3.8, 4) is 11.3 Å². The number of rotatable bonds is 2. The van der Waals surface area contributed by atoms with Crippen LogP contribution in [0.25, 0.3) is 11.3 Å². The first-order valence-corrected chi connectivity index (χ1v) is 8.39. The molecule has 3 aromatic rings. The lowest BCUT2D eigenvalue weighted by molar-refractivity contribution is 0.0959. The minimum Gasteiger partial charge on any atom is -0.451 e. The second-order valence-electron chi connectivity index (χ2n) is 6.34. The van der Waals surface area contributed by atoms with Gasteiger partial charge in [0, 0.05) is 12.2 Å². The van der Waals surface area contributed by atoms with E-state index in [9.17, 15) is 9.18 Å². The fourth-order valence-electron chi connectivity index (χ4n) is 3.33. The van der Waals surface area contributed by atoms with Crippen LogP contribution >= 0.6 is 0 Å². The Bertz CT molecular complexity index is 945. The number of benzene rings is 2. The summed E-state index contributed by atoms with van der Waals surface area (Å²) in [7, 11) is 0. The standard InChI is InChI=1S/C21H18FNO2/c1-14-8-9-18-15(13-14)5-4-12-23(18)21(24)20-11-10-19(25-20)16-6-2-3-7-17(16)22/h2-3,6-11,13H,4-5,12H2,1H3. The maximum Gasteiger partial charge on any atom is 0.293 e. The number of nitrogens with zero attached hydrogens (tertiary/aromatic N) is 1. The third-order valence-corrected chi connectivity index (χ3v) is 4.55. The predicted molar refractivity (Wildman–Crippen MR) is 95.3 cm³/mol. The molecule has 0 spiro atoms. The van der Waals surface area contributed by atoms with E-state index in [1.165, 1.54) is 17.2 Å². The zero-order valence-electron chi connectivity index (χ0n) is 14.0. The first kappa shape index (κ1) is 15.6. The predicted octanol–water partition coefficient (Wildman–Crippen LogP) is 4.99. The molecule has 1 amide bonds. The van der Waals surface area contributed by atoms with Gasteiger partial charge in [0.25, 0.3) is 5.91 Å². The summed E-state index contributed by atoms with van der Waals surface area (Å²) in [6, 6.07) is 15.8. The number of aryl methyl sites for hydroxylation is 2. The van der Waals surface area contributed by atoms with Crippen LogP contribution in [-0.4, -0.2) is 12.5 Å². The van der Waals surface area contributed by atoms with Crippen LogP contribution in [-0.2, 0) is 6.42 Å². The van der Waals surface area contributed by atoms with Crippen molar-refractivity contribution < 1.29 is 13.6 Å². The quantitative estimate of drug-likeness (QED) is 0.661. The van der Waals surface area contributed by atoms with Gasteiger partial charge < -0.3 is 9.32 Å². The van der Waals surface area contributed by atoms with Crippen LogP contribution in [0, 0.1) is 12.7 Å². The number of carbonyl (C=O) groups excluding carboxylic acids is 1. The van der Waals surface area contributed by atoms with Crippen LogP contribution in [0.4, 0.5) is 10.1 Å². The Labute approximate surface area is 145 Å². The van der Waals surface area contributed by atoms with E-state index in [0.717, 1.165) is 18.5 Å². The molecule has 0 aliphatic carbocycles. The van der Waals surface area contributed by atoms with E-state index >= 15 is 0 Å². The topological polar surface area (TPSA) is 33.5 Å². The SMILES string of the molecule is Cc1ccc2c(c1)CCCN2C(=O)c1ccc(-c2ccccc2F)o1. The van der Waals surface area contributed by atoms with Crippen molar-refractivity contribution >= 4 is 11.6 Å². The Kier molecular flexibility index (Phi) is 3.88. The minimum atomic E-state index is -0.366. The lowest BCUT2D eigenvalue weighted by atomic mass is 9.99. The Balaban J connectivity index is 1.66. The monoisotopic (exact) mass is 335 g/mol. The fraction of sp³-hybridized carbons (Fsp3) is 0.190. The summed E-state index contributed by atoms with van der Waals surface area (Å²) in [5.74, 6) is 0.0382. The summed E-state index contributed by atoms with van der Waals surface area (Å²) in [6.45, 7) is 2.71. The number of carbonyl (C=O) groups is 1. The van der Waals surface area contributed by atoms with E-state index in [4.69, 9.17) is 4.42 Å². The van der Waals surface area contributed by atoms with Crippen LogP contribution in [0.15, 0.2) is 59.0 Å². The molecule has 0 bridgehead atoms. The maximum atomic E-state index is 13.9. The van der Waals surface area contributed by atoms with Gasteiger partial charge in [-0.15, -0.1) is 0 Å². The number of hydrogen-bond acceptors (Lipinski definition) is 2. The van der Waals surface area contributed by atoms with E-state index in [1.807, 2.05) is 19.1 Å². The Morgan fingerprint density at radius 1 is 1.12 bits per heavy atom. The molecule has 0 atom stereocenters. The van der Waals surface area contributed by atoms with E-state index < -0.39 is 0 Å². The van der Waals surface area contributed by atoms with Gasteiger partial charge in [0.1, 0.15) is 11.6 Å². The molecular weight excluding hydrogens is 317 g/mol. The molecular formula is C21H18FNO2. The molecule has 25 heavy (non-hydrogen) atoms. The highest BCUT2D eigenvalue weighted by molar-refractivity contribution is 6.05. The Morgan fingerprint density at radius 2 is 1.96 bits per heavy atom. The summed E-state index contributed by atoms with van der Waals surface area (Å²) in [5.41, 5.74) is 3.66. The van der Waals surface area contributed by atoms with Gasteiger partial charge in [-0.3, -0.25) is 4.79 Å². The molecule has 0 saturated carbocycles. The molecule has 4 rings (SSSR count). The lowest BCUT2D eigenvalue weighted by Gasteiger charge is -2.29. The molecule has 1 aliphatic rings. The molecule has 126 valence electrons. The van der Waals surface area contributed by atoms with E-state index in [-0.39, 0.29) is 17.5 Å². The van der Waals surface area contributed by atoms with Crippen LogP contribution in [0.3, 0.4) is 0 Å². The Morgan fingerprint density at radius 3 is 2.80 bits per heavy atom. The second-order valence-corrected chi connectivity index (χ2v) is 6.34. The van der Waals surface area contributed by atoms with Crippen molar-refractivity contribution in [2.75, 3.05) is 11.4 Å². The molecule has 0 saturated heterocycles. The molecule has 0 radical (unpaired) electrons. The van der Waals surface area contributed by atoms with Crippen LogP contribution in [0.1, 0.15) is 28.1 Å². The molecule has 1 aromatic heterocycles. The molecule has 4 heteroatoms. The average molecular weight is 335 g/mol. The first-order chi connectivity index (χ1) is 12.1. The molecule has 0 N–H and O–H groups in total. The second kappa shape index (κ2) is 6.20. The number of furan rings is 1. The van der Waals surface area contributed by atoms with Gasteiger partial charge in [-0.25, -0.2) is 4.39 Å². The summed E-state index contributed by atoms with van der Waals surface area (Å²) in [6.07, 6.45) is 1.89. The number of amides is 1. The third-order valence-electron chi connectivity index (χ3n) is 4.55. The highest BCUT2D eigenvalue weighted by atomic mass is 19.1. The van der Waals surface area contributed by atoms with Gasteiger partial charge in [-0.2, -0.15) is 0 Å². The fourth-order valence-corrected chi connectivity index (χ4v) is 3.33. The van der Waals surface area contributed by atoms with Crippen molar-refractivity contribution in [1.82, 2.24) is 0 Å². The zero-order chi connectivity index (χ0) is 17.4. The highest BCUT2D eigenvalue weighted by Gasteiger charge is 2.26. The van der Waals surface area contributed by atoms with Crippen molar-refractivity contribution in [2.24, 2.45) is 0 Å². The largest absolute Gasteiger partial charge is 0.451 e. The van der Waals surface area contributed by atoms with Crippen molar-refractivity contribution in [2.45, 2.75) is 19.8 Å². The minimum absolute atomic E-state index is 0.188. The van der Waals surface area contributed by atoms with E-state index in [1.54, 1.807) is 35.2 Å². The van der Waals surface area contributed by atoms with Crippen molar-refractivity contribution in [1.29, 1.82) is 0 Å². The first-order valence-electron chi connectivity index (χ1n) is 8.39. The number of fused-ring (bicyclic) bond motifs is 1. The maximum absolute atomic E-state index is 13.9. The summed E-state index contributed by atoms with van der Waals surface area (Å²) >= 11 is 0.